The molecule has 0 fully saturated rings. The van der Waals surface area contributed by atoms with Crippen LogP contribution in [-0.2, 0) is 23.8 Å². The van der Waals surface area contributed by atoms with E-state index in [0.717, 1.165) is 28.3 Å². The van der Waals surface area contributed by atoms with E-state index in [1.54, 1.807) is 18.2 Å². The predicted molar refractivity (Wildman–Crippen MR) is 160 cm³/mol. The monoisotopic (exact) mass is 618 g/mol. The summed E-state index contributed by atoms with van der Waals surface area (Å²) in [6.07, 6.45) is 1.19. The first-order valence-corrected chi connectivity index (χ1v) is 14.0. The molecule has 0 amide bonds. The second kappa shape index (κ2) is 15.3. The van der Waals surface area contributed by atoms with E-state index in [-0.39, 0.29) is 43.8 Å². The number of unbranched alkanes of at least 4 members (excludes halogenated alkanes) is 1. The molecule has 3 aromatic carbocycles. The lowest BCUT2D eigenvalue weighted by molar-refractivity contribution is -0.141. The topological polar surface area (TPSA) is 124 Å². The first-order valence-electron chi connectivity index (χ1n) is 14.0. The minimum Gasteiger partial charge on any atom is -0.490 e. The van der Waals surface area contributed by atoms with Crippen molar-refractivity contribution in [2.45, 2.75) is 25.7 Å². The third kappa shape index (κ3) is 8.79. The first-order chi connectivity index (χ1) is 21.7. The first kappa shape index (κ1) is 32.5. The zero-order valence-corrected chi connectivity index (χ0v) is 24.5. The second-order valence-electron chi connectivity index (χ2n) is 9.80. The zero-order valence-electron chi connectivity index (χ0n) is 24.5. The highest BCUT2D eigenvalue weighted by molar-refractivity contribution is 5.93. The summed E-state index contributed by atoms with van der Waals surface area (Å²) in [6, 6.07) is 16.9. The number of benzene rings is 3. The highest BCUT2D eigenvalue weighted by Gasteiger charge is 2.27. The minimum atomic E-state index is -1.17. The molecule has 1 atom stereocenters. The van der Waals surface area contributed by atoms with Crippen LogP contribution in [0.3, 0.4) is 0 Å². The van der Waals surface area contributed by atoms with Crippen molar-refractivity contribution in [3.63, 3.8) is 0 Å². The molecular formula is C34H31FO10. The van der Waals surface area contributed by atoms with E-state index < -0.39 is 29.9 Å². The van der Waals surface area contributed by atoms with E-state index in [1.807, 2.05) is 25.1 Å². The van der Waals surface area contributed by atoms with Gasteiger partial charge in [-0.3, -0.25) is 0 Å². The molecule has 1 unspecified atom stereocenters. The molecule has 0 N–H and O–H groups in total. The van der Waals surface area contributed by atoms with Gasteiger partial charge in [-0.15, -0.1) is 0 Å². The van der Waals surface area contributed by atoms with Crippen LogP contribution in [0, 0.1) is 0 Å². The van der Waals surface area contributed by atoms with Gasteiger partial charge >= 0.3 is 24.1 Å². The third-order valence-corrected chi connectivity index (χ3v) is 6.75. The van der Waals surface area contributed by atoms with Crippen LogP contribution in [0.2, 0.25) is 0 Å². The molecule has 0 saturated carbocycles. The maximum absolute atomic E-state index is 13.0. The van der Waals surface area contributed by atoms with E-state index in [2.05, 4.69) is 13.2 Å². The normalized spacial score (nSPS) is 12.6. The summed E-state index contributed by atoms with van der Waals surface area (Å²) in [5, 5.41) is 0. The van der Waals surface area contributed by atoms with Gasteiger partial charge in [-0.05, 0) is 83.6 Å². The van der Waals surface area contributed by atoms with E-state index in [9.17, 15) is 23.6 Å². The lowest BCUT2D eigenvalue weighted by atomic mass is 9.98. The van der Waals surface area contributed by atoms with Crippen LogP contribution in [0.1, 0.15) is 47.2 Å². The number of carbonyl (C=O) groups is 4. The minimum absolute atomic E-state index is 0.0371. The van der Waals surface area contributed by atoms with Gasteiger partial charge in [0.1, 0.15) is 30.5 Å². The van der Waals surface area contributed by atoms with Gasteiger partial charge < -0.3 is 28.4 Å². The number of ether oxygens (including phenoxy) is 6. The summed E-state index contributed by atoms with van der Waals surface area (Å²) < 4.78 is 43.6. The molecule has 10 nitrogen and oxygen atoms in total. The Kier molecular flexibility index (Phi) is 11.1. The molecule has 0 aromatic heterocycles. The van der Waals surface area contributed by atoms with Crippen molar-refractivity contribution in [1.29, 1.82) is 0 Å². The smallest absolute Gasteiger partial charge is 0.490 e. The van der Waals surface area contributed by atoms with Crippen molar-refractivity contribution in [2.24, 2.45) is 0 Å². The number of rotatable bonds is 14. The largest absolute Gasteiger partial charge is 0.513 e. The zero-order chi connectivity index (χ0) is 32.3. The summed E-state index contributed by atoms with van der Waals surface area (Å²) in [4.78, 5) is 47.0. The molecule has 0 saturated heterocycles. The predicted octanol–water partition coefficient (Wildman–Crippen LogP) is 6.47. The van der Waals surface area contributed by atoms with Gasteiger partial charge in [0.15, 0.2) is 0 Å². The summed E-state index contributed by atoms with van der Waals surface area (Å²) in [5.41, 5.74) is 4.31. The van der Waals surface area contributed by atoms with Crippen LogP contribution in [0.5, 0.6) is 17.2 Å². The highest BCUT2D eigenvalue weighted by Crippen LogP contribution is 2.46. The molecule has 1 aliphatic carbocycles. The molecule has 11 heteroatoms. The fourth-order valence-electron chi connectivity index (χ4n) is 4.53. The molecule has 1 aliphatic rings. The van der Waals surface area contributed by atoms with E-state index in [0.29, 0.717) is 24.2 Å². The van der Waals surface area contributed by atoms with Crippen molar-refractivity contribution in [3.8, 4) is 28.4 Å². The van der Waals surface area contributed by atoms with Crippen LogP contribution >= 0.6 is 0 Å². The Hall–Kier alpha value is -5.45. The number of fused-ring (bicyclic) bond motifs is 3. The quantitative estimate of drug-likeness (QED) is 0.0496. The Bertz CT molecular complexity index is 1590. The Morgan fingerprint density at radius 3 is 2.02 bits per heavy atom. The van der Waals surface area contributed by atoms with Crippen LogP contribution in [-0.4, -0.2) is 50.5 Å². The number of hydrogen-bond donors (Lipinski definition) is 0. The van der Waals surface area contributed by atoms with Gasteiger partial charge in [-0.2, -0.15) is 4.39 Å². The summed E-state index contributed by atoms with van der Waals surface area (Å²) in [7, 11) is 0. The molecule has 234 valence electrons. The van der Waals surface area contributed by atoms with Crippen molar-refractivity contribution in [1.82, 2.24) is 0 Å². The summed E-state index contributed by atoms with van der Waals surface area (Å²) in [6.45, 7) is 8.42. The van der Waals surface area contributed by atoms with Gasteiger partial charge in [-0.25, -0.2) is 19.2 Å². The molecular weight excluding hydrogens is 587 g/mol. The van der Waals surface area contributed by atoms with Crippen molar-refractivity contribution >= 4 is 24.1 Å². The Morgan fingerprint density at radius 1 is 0.756 bits per heavy atom. The van der Waals surface area contributed by atoms with E-state index in [4.69, 9.17) is 28.4 Å². The highest BCUT2D eigenvalue weighted by atomic mass is 19.1. The number of esters is 3. The summed E-state index contributed by atoms with van der Waals surface area (Å²) in [5.74, 6) is -2.36. The van der Waals surface area contributed by atoms with Crippen LogP contribution in [0.4, 0.5) is 9.18 Å². The average Bonchev–Trinajstić information content (AvgIpc) is 3.31. The van der Waals surface area contributed by atoms with Gasteiger partial charge in [0.2, 0.25) is 5.83 Å². The standard InChI is InChI=1S/C34H31FO10/c1-4-31(36)41-15-5-6-16-43-34(39)45-25-10-8-24(9-11-25)44-33(38)23-7-13-27-28-14-12-26(20-30(28)21(2)29(27)19-23)40-17-18-42-32(37)22(3)35/h4,7-14,19-21H,1,3,5-6,15-18H2,2H3. The molecule has 0 aliphatic heterocycles. The average molecular weight is 619 g/mol. The van der Waals surface area contributed by atoms with Gasteiger partial charge in [0, 0.05) is 12.0 Å². The molecule has 0 spiro atoms. The number of carbonyl (C=O) groups excluding carboxylic acids is 4. The van der Waals surface area contributed by atoms with Crippen LogP contribution in [0.15, 0.2) is 85.7 Å². The van der Waals surface area contributed by atoms with E-state index >= 15 is 0 Å². The van der Waals surface area contributed by atoms with Gasteiger partial charge in [-0.1, -0.05) is 32.2 Å². The Morgan fingerprint density at radius 2 is 1.36 bits per heavy atom. The number of hydrogen-bond acceptors (Lipinski definition) is 10. The second-order valence-corrected chi connectivity index (χ2v) is 9.80. The lowest BCUT2D eigenvalue weighted by Gasteiger charge is -2.11. The SMILES string of the molecule is C=CC(=O)OCCCCOC(=O)Oc1ccc(OC(=O)c2ccc3c(c2)C(C)c2cc(OCCOC(=O)C(=C)F)ccc2-3)cc1. The van der Waals surface area contributed by atoms with Gasteiger partial charge in [0.25, 0.3) is 0 Å². The fourth-order valence-corrected chi connectivity index (χ4v) is 4.53. The lowest BCUT2D eigenvalue weighted by Crippen LogP contribution is -2.12. The van der Waals surface area contributed by atoms with E-state index in [1.165, 1.54) is 24.3 Å². The fraction of sp³-hybridized carbons (Fsp3) is 0.235. The maximum atomic E-state index is 13.0. The molecule has 0 bridgehead atoms. The summed E-state index contributed by atoms with van der Waals surface area (Å²) >= 11 is 0. The van der Waals surface area contributed by atoms with Crippen molar-refractivity contribution in [2.75, 3.05) is 26.4 Å². The Balaban J connectivity index is 1.27. The van der Waals surface area contributed by atoms with Gasteiger partial charge in [0.05, 0.1) is 18.8 Å². The third-order valence-electron chi connectivity index (χ3n) is 6.75. The number of halogens is 1. The molecule has 0 heterocycles. The van der Waals surface area contributed by atoms with Crippen LogP contribution < -0.4 is 14.2 Å². The van der Waals surface area contributed by atoms with Crippen molar-refractivity contribution in [3.05, 3.63) is 102 Å². The van der Waals surface area contributed by atoms with Crippen LogP contribution in [0.25, 0.3) is 11.1 Å². The molecule has 0 radical (unpaired) electrons. The molecule has 45 heavy (non-hydrogen) atoms. The maximum Gasteiger partial charge on any atom is 0.513 e. The molecule has 4 rings (SSSR count). The molecule has 3 aromatic rings. The Labute approximate surface area is 258 Å². The van der Waals surface area contributed by atoms with Crippen molar-refractivity contribution < 1.29 is 52.0 Å².